The molecule has 0 spiro atoms. The number of ketones is 1. The minimum absolute atomic E-state index is 0.0220. The van der Waals surface area contributed by atoms with E-state index in [0.29, 0.717) is 0 Å². The predicted octanol–water partition coefficient (Wildman–Crippen LogP) is 7.75. The van der Waals surface area contributed by atoms with Crippen LogP contribution in [0.25, 0.3) is 21.5 Å². The molecule has 4 aromatic carbocycles. The van der Waals surface area contributed by atoms with Gasteiger partial charge in [-0.05, 0) is 46.5 Å². The molecule has 1 saturated carbocycles. The molecule has 0 heterocycles. The topological polar surface area (TPSA) is 17.1 Å². The number of carbonyl (C=O) groups is 1. The van der Waals surface area contributed by atoms with Gasteiger partial charge in [-0.2, -0.15) is 0 Å². The van der Waals surface area contributed by atoms with Crippen LogP contribution in [-0.2, 0) is 4.79 Å². The molecule has 0 N–H and O–H groups in total. The molecule has 0 radical (unpaired) electrons. The molecule has 1 fully saturated rings. The second-order valence-electron chi connectivity index (χ2n) is 8.57. The first-order valence-electron chi connectivity index (χ1n) is 10.2. The second kappa shape index (κ2) is 7.03. The van der Waals surface area contributed by atoms with Gasteiger partial charge < -0.3 is 0 Å². The third kappa shape index (κ3) is 2.82. The molecule has 0 aromatic heterocycles. The Labute approximate surface area is 193 Å². The molecule has 0 unspecified atom stereocenters. The summed E-state index contributed by atoms with van der Waals surface area (Å²) < 4.78 is -1.37. The van der Waals surface area contributed by atoms with Crippen molar-refractivity contribution in [2.75, 3.05) is 0 Å². The van der Waals surface area contributed by atoms with Crippen LogP contribution in [0.3, 0.4) is 0 Å². The third-order valence-corrected chi connectivity index (χ3v) is 8.41. The molecule has 0 saturated heterocycles. The molecule has 3 heteroatoms. The van der Waals surface area contributed by atoms with Gasteiger partial charge in [0.15, 0.2) is 5.78 Å². The molecule has 4 atom stereocenters. The van der Waals surface area contributed by atoms with Crippen molar-refractivity contribution in [2.45, 2.75) is 34.3 Å². The van der Waals surface area contributed by atoms with Crippen molar-refractivity contribution in [3.63, 3.8) is 0 Å². The van der Waals surface area contributed by atoms with E-state index in [4.69, 9.17) is 0 Å². The summed E-state index contributed by atoms with van der Waals surface area (Å²) in [7, 11) is 0. The third-order valence-electron chi connectivity index (χ3n) is 6.71. The molecule has 4 aromatic rings. The molecule has 1 aliphatic carbocycles. The van der Waals surface area contributed by atoms with Crippen molar-refractivity contribution in [3.05, 3.63) is 96.1 Å². The highest BCUT2D eigenvalue weighted by Crippen LogP contribution is 2.62. The van der Waals surface area contributed by atoms with Crippen LogP contribution in [-0.4, -0.2) is 14.4 Å². The zero-order valence-corrected chi connectivity index (χ0v) is 20.1. The van der Waals surface area contributed by atoms with E-state index in [0.717, 1.165) is 0 Å². The van der Waals surface area contributed by atoms with Gasteiger partial charge in [-0.3, -0.25) is 4.79 Å². The van der Waals surface area contributed by atoms with Gasteiger partial charge in [0.25, 0.3) is 0 Å². The normalized spacial score (nSPS) is 29.0. The van der Waals surface area contributed by atoms with Crippen LogP contribution in [0.15, 0.2) is 84.9 Å². The van der Waals surface area contributed by atoms with E-state index < -0.39 is 8.65 Å². The fourth-order valence-corrected chi connectivity index (χ4v) is 7.48. The maximum atomic E-state index is 13.7. The van der Waals surface area contributed by atoms with Gasteiger partial charge >= 0.3 is 0 Å². The Hall–Kier alpha value is -1.97. The summed E-state index contributed by atoms with van der Waals surface area (Å²) in [5.74, 6) is 0.142. The summed E-state index contributed by atoms with van der Waals surface area (Å²) in [6, 6.07) is 29.8. The van der Waals surface area contributed by atoms with Crippen molar-refractivity contribution >= 4 is 59.2 Å². The summed E-state index contributed by atoms with van der Waals surface area (Å²) in [4.78, 5) is 13.7. The van der Waals surface area contributed by atoms with Crippen LogP contribution in [0.1, 0.15) is 36.8 Å². The van der Waals surface area contributed by atoms with Gasteiger partial charge in [0.1, 0.15) is 0 Å². The first-order chi connectivity index (χ1) is 14.3. The highest BCUT2D eigenvalue weighted by molar-refractivity contribution is 9.11. The number of rotatable bonds is 2. The van der Waals surface area contributed by atoms with Crippen LogP contribution in [0.4, 0.5) is 0 Å². The van der Waals surface area contributed by atoms with Crippen molar-refractivity contribution in [2.24, 2.45) is 0 Å². The highest BCUT2D eigenvalue weighted by atomic mass is 79.9. The van der Waals surface area contributed by atoms with Crippen LogP contribution >= 0.6 is 31.9 Å². The molecule has 1 aliphatic rings. The molecule has 150 valence electrons. The van der Waals surface area contributed by atoms with Crippen LogP contribution in [0, 0.1) is 0 Å². The van der Waals surface area contributed by atoms with E-state index in [9.17, 15) is 4.79 Å². The van der Waals surface area contributed by atoms with E-state index in [1.54, 1.807) is 0 Å². The Morgan fingerprint density at radius 1 is 0.600 bits per heavy atom. The quantitative estimate of drug-likeness (QED) is 0.246. The van der Waals surface area contributed by atoms with Gasteiger partial charge in [0.05, 0.1) is 8.65 Å². The Balaban J connectivity index is 1.84. The summed E-state index contributed by atoms with van der Waals surface area (Å²) in [6.07, 6.45) is 0. The first-order valence-corrected chi connectivity index (χ1v) is 11.8. The van der Waals surface area contributed by atoms with Gasteiger partial charge in [-0.15, -0.1) is 0 Å². The fraction of sp³-hybridized carbons (Fsp3) is 0.222. The number of halogens is 2. The van der Waals surface area contributed by atoms with Crippen LogP contribution in [0.2, 0.25) is 0 Å². The average Bonchev–Trinajstić information content (AvgIpc) is 2.89. The van der Waals surface area contributed by atoms with Crippen molar-refractivity contribution < 1.29 is 4.79 Å². The number of carbonyl (C=O) groups excluding carboxylic acids is 1. The number of hydrogen-bond donors (Lipinski definition) is 0. The fourth-order valence-electron chi connectivity index (χ4n) is 5.37. The molecule has 1 nitrogen and oxygen atoms in total. The Morgan fingerprint density at radius 2 is 0.967 bits per heavy atom. The van der Waals surface area contributed by atoms with Crippen LogP contribution < -0.4 is 0 Å². The smallest absolute Gasteiger partial charge is 0.166 e. The summed E-state index contributed by atoms with van der Waals surface area (Å²) >= 11 is 7.79. The standard InChI is InChI=1S/C27H22Br2O/c1-26(28)23(21-15-7-11-17-9-3-5-13-19(17)21)24(27(2,29)25(26)30)22-16-8-12-18-10-4-6-14-20(18)22/h3-16,23-24H,1-2H3/t23-,24-,26-,27-/m0/s1. The Morgan fingerprint density at radius 3 is 1.40 bits per heavy atom. The average molecular weight is 522 g/mol. The maximum Gasteiger partial charge on any atom is 0.166 e. The lowest BCUT2D eigenvalue weighted by molar-refractivity contribution is -0.120. The second-order valence-corrected chi connectivity index (χ2v) is 11.9. The maximum absolute atomic E-state index is 13.7. The zero-order valence-electron chi connectivity index (χ0n) is 16.9. The van der Waals surface area contributed by atoms with E-state index in [1.807, 2.05) is 13.8 Å². The summed E-state index contributed by atoms with van der Waals surface area (Å²) in [5.41, 5.74) is 2.42. The summed E-state index contributed by atoms with van der Waals surface area (Å²) in [5, 5.41) is 4.81. The lowest BCUT2D eigenvalue weighted by Crippen LogP contribution is -2.35. The van der Waals surface area contributed by atoms with Gasteiger partial charge in [-0.1, -0.05) is 117 Å². The van der Waals surface area contributed by atoms with Gasteiger partial charge in [0, 0.05) is 11.8 Å². The molecular formula is C27H22Br2O. The van der Waals surface area contributed by atoms with E-state index in [1.165, 1.54) is 32.7 Å². The molecule has 0 aliphatic heterocycles. The van der Waals surface area contributed by atoms with Crippen LogP contribution in [0.5, 0.6) is 0 Å². The SMILES string of the molecule is C[C@@]1(Br)C(=O)[C@@](C)(Br)[C@@H](c2cccc3ccccc23)[C@@H]1c1cccc2ccccc12. The summed E-state index contributed by atoms with van der Waals surface area (Å²) in [6.45, 7) is 4.07. The van der Waals surface area contributed by atoms with Crippen molar-refractivity contribution in [3.8, 4) is 0 Å². The number of fused-ring (bicyclic) bond motifs is 2. The minimum atomic E-state index is -0.684. The number of benzene rings is 4. The van der Waals surface area contributed by atoms with Gasteiger partial charge in [-0.25, -0.2) is 0 Å². The number of Topliss-reactive ketones (excluding diaryl/α,β-unsaturated/α-hetero) is 1. The molecule has 0 bridgehead atoms. The predicted molar refractivity (Wildman–Crippen MR) is 133 cm³/mol. The monoisotopic (exact) mass is 520 g/mol. The number of alkyl halides is 2. The molecule has 0 amide bonds. The van der Waals surface area contributed by atoms with Crippen molar-refractivity contribution in [1.82, 2.24) is 0 Å². The van der Waals surface area contributed by atoms with E-state index in [2.05, 4.69) is 117 Å². The van der Waals surface area contributed by atoms with Crippen molar-refractivity contribution in [1.29, 1.82) is 0 Å². The Kier molecular flexibility index (Phi) is 4.68. The zero-order chi connectivity index (χ0) is 21.1. The first kappa shape index (κ1) is 20.0. The van der Waals surface area contributed by atoms with Gasteiger partial charge in [0.2, 0.25) is 0 Å². The molecular weight excluding hydrogens is 500 g/mol. The molecule has 5 rings (SSSR count). The lowest BCUT2D eigenvalue weighted by atomic mass is 9.75. The lowest BCUT2D eigenvalue weighted by Gasteiger charge is -2.32. The van der Waals surface area contributed by atoms with E-state index in [-0.39, 0.29) is 17.6 Å². The van der Waals surface area contributed by atoms with E-state index >= 15 is 0 Å². The Bertz CT molecular complexity index is 1180. The largest absolute Gasteiger partial charge is 0.297 e. The molecule has 30 heavy (non-hydrogen) atoms. The minimum Gasteiger partial charge on any atom is -0.297 e. The highest BCUT2D eigenvalue weighted by Gasteiger charge is 2.63. The number of hydrogen-bond acceptors (Lipinski definition) is 1.